The zero-order valence-electron chi connectivity index (χ0n) is 13.4. The molecule has 0 saturated carbocycles. The summed E-state index contributed by atoms with van der Waals surface area (Å²) in [4.78, 5) is 17.9. The van der Waals surface area contributed by atoms with Crippen molar-refractivity contribution in [3.8, 4) is 5.75 Å². The Morgan fingerprint density at radius 2 is 1.91 bits per heavy atom. The van der Waals surface area contributed by atoms with E-state index in [0.29, 0.717) is 26.2 Å². The van der Waals surface area contributed by atoms with Gasteiger partial charge in [0, 0.05) is 25.5 Å². The number of hydrogen-bond donors (Lipinski definition) is 1. The quantitative estimate of drug-likeness (QED) is 0.762. The molecule has 0 spiro atoms. The highest BCUT2D eigenvalue weighted by molar-refractivity contribution is 5.74. The summed E-state index contributed by atoms with van der Waals surface area (Å²) in [5.41, 5.74) is 1.18. The van der Waals surface area contributed by atoms with Crippen molar-refractivity contribution >= 4 is 6.03 Å². The topological polar surface area (TPSA) is 54.5 Å². The molecule has 2 rings (SSSR count). The molecule has 2 amide bonds. The largest absolute Gasteiger partial charge is 0.492 e. The molecule has 0 fully saturated rings. The third kappa shape index (κ3) is 5.98. The molecule has 0 aliphatic heterocycles. The molecular formula is C18H23N3O2. The van der Waals surface area contributed by atoms with Crippen LogP contribution in [0.3, 0.4) is 0 Å². The fourth-order valence-electron chi connectivity index (χ4n) is 2.17. The molecule has 1 N–H and O–H groups in total. The van der Waals surface area contributed by atoms with Gasteiger partial charge in [0.25, 0.3) is 0 Å². The maximum absolute atomic E-state index is 12.2. The highest BCUT2D eigenvalue weighted by atomic mass is 16.5. The van der Waals surface area contributed by atoms with Gasteiger partial charge in [0.1, 0.15) is 12.4 Å². The number of nitrogens with zero attached hydrogens (tertiary/aromatic N) is 2. The van der Waals surface area contributed by atoms with E-state index >= 15 is 0 Å². The van der Waals surface area contributed by atoms with Gasteiger partial charge in [-0.3, -0.25) is 4.98 Å². The maximum atomic E-state index is 12.2. The standard InChI is InChI=1S/C18H23N3O2/c1-2-21(14-10-16-8-11-19-12-9-16)18(22)20-13-15-23-17-6-4-3-5-7-17/h3-9,11-12H,2,10,13-15H2,1H3,(H,20,22). The summed E-state index contributed by atoms with van der Waals surface area (Å²) in [5.74, 6) is 0.812. The van der Waals surface area contributed by atoms with Crippen molar-refractivity contribution in [2.75, 3.05) is 26.2 Å². The first-order valence-electron chi connectivity index (χ1n) is 7.89. The van der Waals surface area contributed by atoms with Gasteiger partial charge in [-0.2, -0.15) is 0 Å². The normalized spacial score (nSPS) is 10.1. The first-order valence-corrected chi connectivity index (χ1v) is 7.89. The van der Waals surface area contributed by atoms with Gasteiger partial charge >= 0.3 is 6.03 Å². The number of urea groups is 1. The molecular weight excluding hydrogens is 290 g/mol. The van der Waals surface area contributed by atoms with Gasteiger partial charge in [-0.1, -0.05) is 18.2 Å². The van der Waals surface area contributed by atoms with Crippen LogP contribution in [0.5, 0.6) is 5.75 Å². The molecule has 0 radical (unpaired) electrons. The van der Waals surface area contributed by atoms with Crippen LogP contribution in [0.2, 0.25) is 0 Å². The Hall–Kier alpha value is -2.56. The Kier molecular flexibility index (Phi) is 6.91. The number of rotatable bonds is 8. The van der Waals surface area contributed by atoms with Crippen molar-refractivity contribution < 1.29 is 9.53 Å². The molecule has 122 valence electrons. The molecule has 0 atom stereocenters. The number of hydrogen-bond acceptors (Lipinski definition) is 3. The number of ether oxygens (including phenoxy) is 1. The lowest BCUT2D eigenvalue weighted by Crippen LogP contribution is -2.42. The Bertz CT molecular complexity index is 575. The minimum atomic E-state index is -0.0572. The van der Waals surface area contributed by atoms with Crippen molar-refractivity contribution in [3.63, 3.8) is 0 Å². The van der Waals surface area contributed by atoms with E-state index in [9.17, 15) is 4.79 Å². The highest BCUT2D eigenvalue weighted by Crippen LogP contribution is 2.07. The molecule has 1 heterocycles. The number of carbonyl (C=O) groups is 1. The van der Waals surface area contributed by atoms with Crippen LogP contribution in [0.15, 0.2) is 54.9 Å². The third-order valence-corrected chi connectivity index (χ3v) is 3.48. The Labute approximate surface area is 137 Å². The van der Waals surface area contributed by atoms with Crippen LogP contribution in [0.1, 0.15) is 12.5 Å². The summed E-state index contributed by atoms with van der Waals surface area (Å²) in [6, 6.07) is 13.5. The first kappa shape index (κ1) is 16.8. The van der Waals surface area contributed by atoms with E-state index in [-0.39, 0.29) is 6.03 Å². The van der Waals surface area contributed by atoms with Crippen molar-refractivity contribution in [1.29, 1.82) is 0 Å². The average molecular weight is 313 g/mol. The van der Waals surface area contributed by atoms with E-state index in [1.165, 1.54) is 5.56 Å². The molecule has 0 bridgehead atoms. The molecule has 5 heteroatoms. The van der Waals surface area contributed by atoms with Gasteiger partial charge in [-0.25, -0.2) is 4.79 Å². The predicted octanol–water partition coefficient (Wildman–Crippen LogP) is 2.73. The molecule has 5 nitrogen and oxygen atoms in total. The van der Waals surface area contributed by atoms with Gasteiger partial charge in [0.05, 0.1) is 6.54 Å². The fourth-order valence-corrected chi connectivity index (χ4v) is 2.17. The van der Waals surface area contributed by atoms with Crippen LogP contribution in [-0.2, 0) is 6.42 Å². The fraction of sp³-hybridized carbons (Fsp3) is 0.333. The number of carbonyl (C=O) groups excluding carboxylic acids is 1. The first-order chi connectivity index (χ1) is 11.3. The van der Waals surface area contributed by atoms with Gasteiger partial charge in [-0.05, 0) is 43.2 Å². The second-order valence-electron chi connectivity index (χ2n) is 5.08. The summed E-state index contributed by atoms with van der Waals surface area (Å²) >= 11 is 0. The molecule has 23 heavy (non-hydrogen) atoms. The van der Waals surface area contributed by atoms with Gasteiger partial charge in [0.2, 0.25) is 0 Å². The number of pyridine rings is 1. The van der Waals surface area contributed by atoms with Crippen LogP contribution in [0.25, 0.3) is 0 Å². The van der Waals surface area contributed by atoms with E-state index in [1.54, 1.807) is 17.3 Å². The summed E-state index contributed by atoms with van der Waals surface area (Å²) in [7, 11) is 0. The van der Waals surface area contributed by atoms with Crippen LogP contribution in [0.4, 0.5) is 4.79 Å². The number of amides is 2. The smallest absolute Gasteiger partial charge is 0.317 e. The number of benzene rings is 1. The zero-order valence-corrected chi connectivity index (χ0v) is 13.4. The van der Waals surface area contributed by atoms with Crippen LogP contribution < -0.4 is 10.1 Å². The van der Waals surface area contributed by atoms with Crippen LogP contribution >= 0.6 is 0 Å². The molecule has 0 aliphatic rings. The molecule has 2 aromatic rings. The minimum absolute atomic E-state index is 0.0572. The van der Waals surface area contributed by atoms with Crippen LogP contribution in [-0.4, -0.2) is 42.2 Å². The predicted molar refractivity (Wildman–Crippen MR) is 90.5 cm³/mol. The molecule has 1 aromatic carbocycles. The Morgan fingerprint density at radius 1 is 1.17 bits per heavy atom. The lowest BCUT2D eigenvalue weighted by molar-refractivity contribution is 0.198. The lowest BCUT2D eigenvalue weighted by atomic mass is 10.2. The van der Waals surface area contributed by atoms with Crippen molar-refractivity contribution in [3.05, 3.63) is 60.4 Å². The zero-order chi connectivity index (χ0) is 16.3. The van der Waals surface area contributed by atoms with E-state index in [2.05, 4.69) is 10.3 Å². The molecule has 1 aromatic heterocycles. The Balaban J connectivity index is 1.68. The van der Waals surface area contributed by atoms with Gasteiger partial charge in [0.15, 0.2) is 0 Å². The number of likely N-dealkylation sites (N-methyl/N-ethyl adjacent to an activating group) is 1. The number of nitrogens with one attached hydrogen (secondary N) is 1. The Morgan fingerprint density at radius 3 is 2.61 bits per heavy atom. The van der Waals surface area contributed by atoms with Gasteiger partial charge in [-0.15, -0.1) is 0 Å². The maximum Gasteiger partial charge on any atom is 0.317 e. The van der Waals surface area contributed by atoms with E-state index in [0.717, 1.165) is 12.2 Å². The van der Waals surface area contributed by atoms with Crippen LogP contribution in [0, 0.1) is 0 Å². The average Bonchev–Trinajstić information content (AvgIpc) is 2.61. The van der Waals surface area contributed by atoms with E-state index in [4.69, 9.17) is 4.74 Å². The van der Waals surface area contributed by atoms with Crippen molar-refractivity contribution in [1.82, 2.24) is 15.2 Å². The number of para-hydroxylation sites is 1. The molecule has 0 saturated heterocycles. The van der Waals surface area contributed by atoms with Gasteiger partial charge < -0.3 is 15.0 Å². The summed E-state index contributed by atoms with van der Waals surface area (Å²) in [6.45, 7) is 4.28. The second-order valence-corrected chi connectivity index (χ2v) is 5.08. The van der Waals surface area contributed by atoms with Crippen molar-refractivity contribution in [2.45, 2.75) is 13.3 Å². The van der Waals surface area contributed by atoms with E-state index in [1.807, 2.05) is 49.4 Å². The van der Waals surface area contributed by atoms with E-state index < -0.39 is 0 Å². The summed E-state index contributed by atoms with van der Waals surface area (Å²) in [5, 5.41) is 2.89. The molecule has 0 aliphatic carbocycles. The molecule has 0 unspecified atom stereocenters. The van der Waals surface area contributed by atoms with Crippen molar-refractivity contribution in [2.24, 2.45) is 0 Å². The SMILES string of the molecule is CCN(CCc1ccncc1)C(=O)NCCOc1ccccc1. The lowest BCUT2D eigenvalue weighted by Gasteiger charge is -2.21. The summed E-state index contributed by atoms with van der Waals surface area (Å²) in [6.07, 6.45) is 4.36. The number of aromatic nitrogens is 1. The summed E-state index contributed by atoms with van der Waals surface area (Å²) < 4.78 is 5.56. The minimum Gasteiger partial charge on any atom is -0.492 e. The second kappa shape index (κ2) is 9.46. The third-order valence-electron chi connectivity index (χ3n) is 3.48. The monoisotopic (exact) mass is 313 g/mol. The highest BCUT2D eigenvalue weighted by Gasteiger charge is 2.10.